The SMILES string of the molecule is CC(C)CNCc1cnoc1-c1cccc(C(F)(F)F)c1. The number of alkyl halides is 3. The first-order valence-electron chi connectivity index (χ1n) is 6.70. The zero-order chi connectivity index (χ0) is 15.5. The third kappa shape index (κ3) is 4.07. The van der Waals surface area contributed by atoms with E-state index in [4.69, 9.17) is 4.52 Å². The summed E-state index contributed by atoms with van der Waals surface area (Å²) in [6.45, 7) is 5.48. The van der Waals surface area contributed by atoms with Gasteiger partial charge >= 0.3 is 6.18 Å². The fraction of sp³-hybridized carbons (Fsp3) is 0.400. The van der Waals surface area contributed by atoms with Gasteiger partial charge in [0.05, 0.1) is 11.8 Å². The summed E-state index contributed by atoms with van der Waals surface area (Å²) in [6.07, 6.45) is -2.84. The molecule has 3 nitrogen and oxygen atoms in total. The van der Waals surface area contributed by atoms with Gasteiger partial charge in [-0.1, -0.05) is 31.1 Å². The molecule has 0 aliphatic heterocycles. The third-order valence-corrected chi connectivity index (χ3v) is 2.96. The number of nitrogens with one attached hydrogen (secondary N) is 1. The minimum atomic E-state index is -4.37. The largest absolute Gasteiger partial charge is 0.416 e. The molecule has 0 saturated carbocycles. The number of hydrogen-bond acceptors (Lipinski definition) is 3. The smallest absolute Gasteiger partial charge is 0.356 e. The molecular weight excluding hydrogens is 281 g/mol. The number of halogens is 3. The molecule has 0 saturated heterocycles. The van der Waals surface area contributed by atoms with Gasteiger partial charge in [-0.2, -0.15) is 13.2 Å². The number of aromatic nitrogens is 1. The van der Waals surface area contributed by atoms with E-state index in [0.29, 0.717) is 23.8 Å². The second-order valence-corrected chi connectivity index (χ2v) is 5.28. The van der Waals surface area contributed by atoms with Crippen molar-refractivity contribution < 1.29 is 17.7 Å². The van der Waals surface area contributed by atoms with Crippen LogP contribution in [0.5, 0.6) is 0 Å². The van der Waals surface area contributed by atoms with E-state index in [-0.39, 0.29) is 0 Å². The van der Waals surface area contributed by atoms with Crippen LogP contribution in [0.2, 0.25) is 0 Å². The second-order valence-electron chi connectivity index (χ2n) is 5.28. The van der Waals surface area contributed by atoms with Crippen LogP contribution < -0.4 is 5.32 Å². The van der Waals surface area contributed by atoms with Gasteiger partial charge in [-0.25, -0.2) is 0 Å². The zero-order valence-electron chi connectivity index (χ0n) is 11.9. The molecule has 0 amide bonds. The first-order valence-corrected chi connectivity index (χ1v) is 6.70. The van der Waals surface area contributed by atoms with Crippen LogP contribution in [0.25, 0.3) is 11.3 Å². The average molecular weight is 298 g/mol. The van der Waals surface area contributed by atoms with Crippen molar-refractivity contribution in [2.75, 3.05) is 6.54 Å². The molecule has 0 spiro atoms. The first kappa shape index (κ1) is 15.6. The van der Waals surface area contributed by atoms with E-state index in [9.17, 15) is 13.2 Å². The summed E-state index contributed by atoms with van der Waals surface area (Å²) in [7, 11) is 0. The number of hydrogen-bond donors (Lipinski definition) is 1. The van der Waals surface area contributed by atoms with Gasteiger partial charge in [-0.05, 0) is 24.6 Å². The Morgan fingerprint density at radius 3 is 2.71 bits per heavy atom. The molecule has 0 unspecified atom stereocenters. The van der Waals surface area contributed by atoms with Gasteiger partial charge in [-0.3, -0.25) is 0 Å². The fourth-order valence-corrected chi connectivity index (χ4v) is 1.96. The predicted octanol–water partition coefficient (Wildman–Crippen LogP) is 4.11. The van der Waals surface area contributed by atoms with Crippen molar-refractivity contribution in [1.82, 2.24) is 10.5 Å². The summed E-state index contributed by atoms with van der Waals surface area (Å²) in [5.74, 6) is 0.860. The second kappa shape index (κ2) is 6.30. The summed E-state index contributed by atoms with van der Waals surface area (Å²) in [5.41, 5.74) is 0.427. The fourth-order valence-electron chi connectivity index (χ4n) is 1.96. The molecule has 114 valence electrons. The van der Waals surface area contributed by atoms with Gasteiger partial charge in [0.1, 0.15) is 0 Å². The molecular formula is C15H17F3N2O. The molecule has 6 heteroatoms. The topological polar surface area (TPSA) is 38.1 Å². The summed E-state index contributed by atoms with van der Waals surface area (Å²) in [6, 6.07) is 5.07. The first-order chi connectivity index (χ1) is 9.88. The summed E-state index contributed by atoms with van der Waals surface area (Å²) >= 11 is 0. The van der Waals surface area contributed by atoms with Gasteiger partial charge in [0.15, 0.2) is 5.76 Å². The Morgan fingerprint density at radius 2 is 2.05 bits per heavy atom. The molecule has 1 aromatic heterocycles. The van der Waals surface area contributed by atoms with E-state index in [1.807, 2.05) is 0 Å². The molecule has 0 aliphatic carbocycles. The van der Waals surface area contributed by atoms with Crippen molar-refractivity contribution in [3.63, 3.8) is 0 Å². The van der Waals surface area contributed by atoms with Crippen LogP contribution >= 0.6 is 0 Å². The maximum Gasteiger partial charge on any atom is 0.416 e. The van der Waals surface area contributed by atoms with Crippen LogP contribution in [0, 0.1) is 5.92 Å². The number of benzene rings is 1. The third-order valence-electron chi connectivity index (χ3n) is 2.96. The highest BCUT2D eigenvalue weighted by molar-refractivity contribution is 5.61. The Hall–Kier alpha value is -1.82. The lowest BCUT2D eigenvalue weighted by Gasteiger charge is -2.09. The molecule has 1 N–H and O–H groups in total. The van der Waals surface area contributed by atoms with Crippen molar-refractivity contribution in [2.24, 2.45) is 5.92 Å². The van der Waals surface area contributed by atoms with Crippen molar-refractivity contribution >= 4 is 0 Å². The van der Waals surface area contributed by atoms with E-state index < -0.39 is 11.7 Å². The van der Waals surface area contributed by atoms with E-state index >= 15 is 0 Å². The van der Waals surface area contributed by atoms with Gasteiger partial charge in [0, 0.05) is 17.7 Å². The molecule has 21 heavy (non-hydrogen) atoms. The molecule has 0 fully saturated rings. The molecule has 0 atom stereocenters. The number of rotatable bonds is 5. The predicted molar refractivity (Wildman–Crippen MR) is 73.5 cm³/mol. The van der Waals surface area contributed by atoms with Crippen LogP contribution in [0.4, 0.5) is 13.2 Å². The quantitative estimate of drug-likeness (QED) is 0.903. The van der Waals surface area contributed by atoms with E-state index in [2.05, 4.69) is 24.3 Å². The van der Waals surface area contributed by atoms with Crippen molar-refractivity contribution in [3.8, 4) is 11.3 Å². The normalized spacial score (nSPS) is 12.1. The molecule has 2 aromatic rings. The lowest BCUT2D eigenvalue weighted by molar-refractivity contribution is -0.137. The zero-order valence-corrected chi connectivity index (χ0v) is 11.9. The molecule has 1 aromatic carbocycles. The van der Waals surface area contributed by atoms with Crippen LogP contribution in [0.1, 0.15) is 25.0 Å². The van der Waals surface area contributed by atoms with Crippen molar-refractivity contribution in [1.29, 1.82) is 0 Å². The van der Waals surface area contributed by atoms with Crippen LogP contribution in [-0.4, -0.2) is 11.7 Å². The monoisotopic (exact) mass is 298 g/mol. The Bertz CT molecular complexity index is 591. The van der Waals surface area contributed by atoms with E-state index in [1.165, 1.54) is 12.3 Å². The summed E-state index contributed by atoms with van der Waals surface area (Å²) in [4.78, 5) is 0. The van der Waals surface area contributed by atoms with Crippen molar-refractivity contribution in [2.45, 2.75) is 26.6 Å². The maximum atomic E-state index is 12.7. The molecule has 1 heterocycles. The highest BCUT2D eigenvalue weighted by Crippen LogP contribution is 2.33. The minimum Gasteiger partial charge on any atom is -0.356 e. The van der Waals surface area contributed by atoms with Gasteiger partial charge < -0.3 is 9.84 Å². The Labute approximate surface area is 121 Å². The lowest BCUT2D eigenvalue weighted by atomic mass is 10.1. The van der Waals surface area contributed by atoms with Gasteiger partial charge in [-0.15, -0.1) is 0 Å². The standard InChI is InChI=1S/C15H17F3N2O/c1-10(2)7-19-8-12-9-20-21-14(12)11-4-3-5-13(6-11)15(16,17)18/h3-6,9-10,19H,7-8H2,1-2H3. The lowest BCUT2D eigenvalue weighted by Crippen LogP contribution is -2.18. The minimum absolute atomic E-state index is 0.373. The average Bonchev–Trinajstić information content (AvgIpc) is 2.86. The molecule has 2 rings (SSSR count). The summed E-state index contributed by atoms with van der Waals surface area (Å²) in [5, 5.41) is 6.91. The molecule has 0 radical (unpaired) electrons. The Balaban J connectivity index is 2.21. The Morgan fingerprint density at radius 1 is 1.29 bits per heavy atom. The highest BCUT2D eigenvalue weighted by Gasteiger charge is 2.30. The maximum absolute atomic E-state index is 12.7. The van der Waals surface area contributed by atoms with Crippen LogP contribution in [0.3, 0.4) is 0 Å². The number of nitrogens with zero attached hydrogens (tertiary/aromatic N) is 1. The van der Waals surface area contributed by atoms with Crippen molar-refractivity contribution in [3.05, 3.63) is 41.6 Å². The van der Waals surface area contributed by atoms with Gasteiger partial charge in [0.25, 0.3) is 0 Å². The Kier molecular flexibility index (Phi) is 4.67. The van der Waals surface area contributed by atoms with Gasteiger partial charge in [0.2, 0.25) is 0 Å². The van der Waals surface area contributed by atoms with E-state index in [0.717, 1.165) is 24.2 Å². The molecule has 0 bridgehead atoms. The molecule has 0 aliphatic rings. The van der Waals surface area contributed by atoms with Crippen LogP contribution in [0.15, 0.2) is 35.0 Å². The highest BCUT2D eigenvalue weighted by atomic mass is 19.4. The summed E-state index contributed by atoms with van der Waals surface area (Å²) < 4.78 is 43.3. The van der Waals surface area contributed by atoms with Crippen LogP contribution in [-0.2, 0) is 12.7 Å². The van der Waals surface area contributed by atoms with E-state index in [1.54, 1.807) is 6.07 Å².